The maximum Gasteiger partial charge on any atom is 0.118 e. The normalized spacial score (nSPS) is 19.5. The summed E-state index contributed by atoms with van der Waals surface area (Å²) in [4.78, 5) is 0. The summed E-state index contributed by atoms with van der Waals surface area (Å²) in [6.45, 7) is 1.33. The number of ether oxygens (including phenoxy) is 2. The third-order valence-electron chi connectivity index (χ3n) is 3.44. The fraction of sp³-hybridized carbons (Fsp3) is 0.538. The quantitative estimate of drug-likeness (QED) is 0.801. The van der Waals surface area contributed by atoms with Crippen LogP contribution in [-0.2, 0) is 4.74 Å². The van der Waals surface area contributed by atoms with E-state index in [1.165, 1.54) is 0 Å². The predicted octanol–water partition coefficient (Wildman–Crippen LogP) is 0.965. The number of benzene rings is 1. The molecule has 1 aromatic rings. The van der Waals surface area contributed by atoms with Gasteiger partial charge >= 0.3 is 0 Å². The van der Waals surface area contributed by atoms with Crippen LogP contribution in [0.4, 0.5) is 0 Å². The minimum Gasteiger partial charge on any atom is -0.497 e. The van der Waals surface area contributed by atoms with Crippen molar-refractivity contribution in [3.05, 3.63) is 29.8 Å². The first-order valence-electron chi connectivity index (χ1n) is 5.75. The SMILES string of the molecule is CNC(c1ccc(OC)cc1)C1(CO)COC1. The van der Waals surface area contributed by atoms with E-state index in [4.69, 9.17) is 9.47 Å². The molecule has 1 aliphatic rings. The standard InChI is InChI=1S/C13H19NO3/c1-14-12(13(7-15)8-17-9-13)10-3-5-11(16-2)6-4-10/h3-6,12,14-15H,7-9H2,1-2H3. The Hall–Kier alpha value is -1.10. The molecule has 0 radical (unpaired) electrons. The smallest absolute Gasteiger partial charge is 0.118 e. The molecular weight excluding hydrogens is 218 g/mol. The van der Waals surface area contributed by atoms with E-state index in [1.54, 1.807) is 7.11 Å². The molecule has 0 aliphatic carbocycles. The van der Waals surface area contributed by atoms with Gasteiger partial charge < -0.3 is 19.9 Å². The topological polar surface area (TPSA) is 50.7 Å². The van der Waals surface area contributed by atoms with Crippen molar-refractivity contribution in [3.8, 4) is 5.75 Å². The lowest BCUT2D eigenvalue weighted by molar-refractivity contribution is -0.155. The first kappa shape index (κ1) is 12.4. The molecule has 4 nitrogen and oxygen atoms in total. The number of rotatable bonds is 5. The van der Waals surface area contributed by atoms with Gasteiger partial charge in [0.1, 0.15) is 5.75 Å². The number of aliphatic hydroxyl groups excluding tert-OH is 1. The Morgan fingerprint density at radius 1 is 1.41 bits per heavy atom. The van der Waals surface area contributed by atoms with Gasteiger partial charge in [0.05, 0.1) is 32.3 Å². The molecule has 1 atom stereocenters. The highest BCUT2D eigenvalue weighted by Crippen LogP contribution is 2.40. The van der Waals surface area contributed by atoms with Crippen molar-refractivity contribution in [1.29, 1.82) is 0 Å². The molecular formula is C13H19NO3. The van der Waals surface area contributed by atoms with Crippen LogP contribution in [0.1, 0.15) is 11.6 Å². The first-order valence-corrected chi connectivity index (χ1v) is 5.75. The monoisotopic (exact) mass is 237 g/mol. The summed E-state index contributed by atoms with van der Waals surface area (Å²) in [5.74, 6) is 0.839. The molecule has 1 unspecified atom stereocenters. The Kier molecular flexibility index (Phi) is 3.66. The van der Waals surface area contributed by atoms with E-state index in [0.717, 1.165) is 11.3 Å². The van der Waals surface area contributed by atoms with Crippen LogP contribution in [0.15, 0.2) is 24.3 Å². The highest BCUT2D eigenvalue weighted by Gasteiger charge is 2.45. The lowest BCUT2D eigenvalue weighted by Gasteiger charge is -2.46. The van der Waals surface area contributed by atoms with Crippen LogP contribution < -0.4 is 10.1 Å². The Morgan fingerprint density at radius 3 is 2.41 bits per heavy atom. The van der Waals surface area contributed by atoms with Crippen LogP contribution in [0.3, 0.4) is 0 Å². The number of methoxy groups -OCH3 is 1. The van der Waals surface area contributed by atoms with Crippen molar-refractivity contribution in [2.75, 3.05) is 34.0 Å². The van der Waals surface area contributed by atoms with Gasteiger partial charge in [0.15, 0.2) is 0 Å². The molecule has 0 spiro atoms. The van der Waals surface area contributed by atoms with Gasteiger partial charge in [-0.05, 0) is 24.7 Å². The van der Waals surface area contributed by atoms with E-state index >= 15 is 0 Å². The Morgan fingerprint density at radius 2 is 2.06 bits per heavy atom. The van der Waals surface area contributed by atoms with Gasteiger partial charge in [-0.2, -0.15) is 0 Å². The van der Waals surface area contributed by atoms with E-state index in [1.807, 2.05) is 31.3 Å². The Bertz CT molecular complexity index is 354. The molecule has 0 saturated carbocycles. The summed E-state index contributed by atoms with van der Waals surface area (Å²) < 4.78 is 10.4. The second kappa shape index (κ2) is 5.04. The van der Waals surface area contributed by atoms with E-state index in [-0.39, 0.29) is 18.1 Å². The van der Waals surface area contributed by atoms with Gasteiger partial charge in [0.2, 0.25) is 0 Å². The third-order valence-corrected chi connectivity index (χ3v) is 3.44. The average molecular weight is 237 g/mol. The zero-order chi connectivity index (χ0) is 12.3. The molecule has 2 rings (SSSR count). The summed E-state index contributed by atoms with van der Waals surface area (Å²) in [5, 5.41) is 12.8. The fourth-order valence-corrected chi connectivity index (χ4v) is 2.34. The van der Waals surface area contributed by atoms with Crippen LogP contribution >= 0.6 is 0 Å². The van der Waals surface area contributed by atoms with Crippen LogP contribution in [0.5, 0.6) is 5.75 Å². The largest absolute Gasteiger partial charge is 0.497 e. The molecule has 0 aromatic heterocycles. The molecule has 2 N–H and O–H groups in total. The fourth-order valence-electron chi connectivity index (χ4n) is 2.34. The molecule has 1 saturated heterocycles. The summed E-state index contributed by atoms with van der Waals surface area (Å²) in [6, 6.07) is 8.02. The van der Waals surface area contributed by atoms with Crippen molar-refractivity contribution in [1.82, 2.24) is 5.32 Å². The van der Waals surface area contributed by atoms with Crippen molar-refractivity contribution < 1.29 is 14.6 Å². The van der Waals surface area contributed by atoms with Gasteiger partial charge in [0.25, 0.3) is 0 Å². The average Bonchev–Trinajstić information content (AvgIpc) is 2.34. The molecule has 4 heteroatoms. The molecule has 1 aromatic carbocycles. The highest BCUT2D eigenvalue weighted by atomic mass is 16.5. The van der Waals surface area contributed by atoms with Crippen molar-refractivity contribution in [2.45, 2.75) is 6.04 Å². The molecule has 1 heterocycles. The third kappa shape index (κ3) is 2.16. The second-order valence-corrected chi connectivity index (χ2v) is 4.51. The van der Waals surface area contributed by atoms with Crippen molar-refractivity contribution >= 4 is 0 Å². The van der Waals surface area contributed by atoms with E-state index in [0.29, 0.717) is 13.2 Å². The summed E-state index contributed by atoms with van der Waals surface area (Å²) in [6.07, 6.45) is 0. The maximum atomic E-state index is 9.56. The van der Waals surface area contributed by atoms with Crippen LogP contribution in [0.25, 0.3) is 0 Å². The van der Waals surface area contributed by atoms with Crippen LogP contribution in [0.2, 0.25) is 0 Å². The number of aliphatic hydroxyl groups is 1. The number of nitrogens with one attached hydrogen (secondary N) is 1. The van der Waals surface area contributed by atoms with Gasteiger partial charge in [-0.15, -0.1) is 0 Å². The minimum absolute atomic E-state index is 0.104. The zero-order valence-electron chi connectivity index (χ0n) is 10.3. The van der Waals surface area contributed by atoms with Gasteiger partial charge in [-0.3, -0.25) is 0 Å². The van der Waals surface area contributed by atoms with Gasteiger partial charge in [0, 0.05) is 6.04 Å². The molecule has 94 valence electrons. The van der Waals surface area contributed by atoms with E-state index in [2.05, 4.69) is 5.32 Å². The summed E-state index contributed by atoms with van der Waals surface area (Å²) in [5.41, 5.74) is 0.953. The van der Waals surface area contributed by atoms with Crippen molar-refractivity contribution in [3.63, 3.8) is 0 Å². The van der Waals surface area contributed by atoms with E-state index in [9.17, 15) is 5.11 Å². The molecule has 1 fully saturated rings. The Balaban J connectivity index is 2.22. The summed E-state index contributed by atoms with van der Waals surface area (Å²) in [7, 11) is 3.56. The Labute approximate surface area is 102 Å². The maximum absolute atomic E-state index is 9.56. The van der Waals surface area contributed by atoms with Gasteiger partial charge in [-0.1, -0.05) is 12.1 Å². The highest BCUT2D eigenvalue weighted by molar-refractivity contribution is 5.30. The molecule has 0 amide bonds. The lowest BCUT2D eigenvalue weighted by Crippen LogP contribution is -2.53. The number of hydrogen-bond acceptors (Lipinski definition) is 4. The van der Waals surface area contributed by atoms with Gasteiger partial charge in [-0.25, -0.2) is 0 Å². The first-order chi connectivity index (χ1) is 8.25. The summed E-state index contributed by atoms with van der Waals surface area (Å²) >= 11 is 0. The van der Waals surface area contributed by atoms with Crippen LogP contribution in [-0.4, -0.2) is 39.1 Å². The van der Waals surface area contributed by atoms with Crippen LogP contribution in [0, 0.1) is 5.41 Å². The van der Waals surface area contributed by atoms with Crippen molar-refractivity contribution in [2.24, 2.45) is 5.41 Å². The van der Waals surface area contributed by atoms with E-state index < -0.39 is 0 Å². The zero-order valence-corrected chi connectivity index (χ0v) is 10.3. The second-order valence-electron chi connectivity index (χ2n) is 4.51. The molecule has 1 aliphatic heterocycles. The predicted molar refractivity (Wildman–Crippen MR) is 65.1 cm³/mol. The lowest BCUT2D eigenvalue weighted by atomic mass is 9.76. The number of hydrogen-bond donors (Lipinski definition) is 2. The molecule has 17 heavy (non-hydrogen) atoms. The molecule has 0 bridgehead atoms. The minimum atomic E-state index is -0.191.